The first kappa shape index (κ1) is 19.8. The van der Waals surface area contributed by atoms with Gasteiger partial charge in [0.1, 0.15) is 30.3 Å². The summed E-state index contributed by atoms with van der Waals surface area (Å²) in [6.07, 6.45) is -1.19. The molecule has 0 saturated carbocycles. The van der Waals surface area contributed by atoms with E-state index in [0.717, 1.165) is 0 Å². The van der Waals surface area contributed by atoms with Crippen LogP contribution in [0.2, 0.25) is 0 Å². The minimum atomic E-state index is -1.19. The standard InChI is InChI=1S/C19H20N2O6/c1-13(17(22)21-19(20)24)27-18(23)15-9-5-6-10-16(15)26-12-11-25-14-7-3-2-4-8-14/h2-10,13H,11-12H2,1H3,(H3,20,21,22,24)/t13-/m0/s1. The van der Waals surface area contributed by atoms with Crippen molar-refractivity contribution in [2.24, 2.45) is 5.73 Å². The van der Waals surface area contributed by atoms with Crippen molar-refractivity contribution >= 4 is 17.9 Å². The van der Waals surface area contributed by atoms with Crippen molar-refractivity contribution in [2.75, 3.05) is 13.2 Å². The molecule has 27 heavy (non-hydrogen) atoms. The van der Waals surface area contributed by atoms with Crippen molar-refractivity contribution in [1.29, 1.82) is 0 Å². The van der Waals surface area contributed by atoms with Crippen LogP contribution in [0.3, 0.4) is 0 Å². The zero-order valence-corrected chi connectivity index (χ0v) is 14.7. The average molecular weight is 372 g/mol. The molecule has 2 rings (SSSR count). The Morgan fingerprint density at radius 3 is 2.30 bits per heavy atom. The molecule has 8 nitrogen and oxygen atoms in total. The summed E-state index contributed by atoms with van der Waals surface area (Å²) in [6.45, 7) is 1.81. The van der Waals surface area contributed by atoms with Gasteiger partial charge in [-0.15, -0.1) is 0 Å². The number of imide groups is 1. The minimum absolute atomic E-state index is 0.149. The number of hydrogen-bond acceptors (Lipinski definition) is 6. The number of para-hydroxylation sites is 2. The minimum Gasteiger partial charge on any atom is -0.490 e. The molecular weight excluding hydrogens is 352 g/mol. The first-order valence-electron chi connectivity index (χ1n) is 8.18. The highest BCUT2D eigenvalue weighted by atomic mass is 16.6. The molecule has 0 aliphatic carbocycles. The fourth-order valence-electron chi connectivity index (χ4n) is 2.09. The molecule has 0 spiro atoms. The van der Waals surface area contributed by atoms with Crippen molar-refractivity contribution < 1.29 is 28.6 Å². The van der Waals surface area contributed by atoms with Crippen molar-refractivity contribution in [2.45, 2.75) is 13.0 Å². The van der Waals surface area contributed by atoms with Gasteiger partial charge in [-0.1, -0.05) is 30.3 Å². The number of hydrogen-bond donors (Lipinski definition) is 2. The van der Waals surface area contributed by atoms with E-state index in [9.17, 15) is 14.4 Å². The Kier molecular flexibility index (Phi) is 7.18. The Bertz CT molecular complexity index is 794. The second kappa shape index (κ2) is 9.81. The lowest BCUT2D eigenvalue weighted by Crippen LogP contribution is -2.42. The van der Waals surface area contributed by atoms with Crippen LogP contribution in [-0.2, 0) is 9.53 Å². The van der Waals surface area contributed by atoms with Crippen LogP contribution in [-0.4, -0.2) is 37.2 Å². The van der Waals surface area contributed by atoms with E-state index in [-0.39, 0.29) is 18.8 Å². The number of primary amides is 1. The van der Waals surface area contributed by atoms with E-state index in [0.29, 0.717) is 11.5 Å². The molecule has 0 radical (unpaired) electrons. The number of nitrogens with two attached hydrogens (primary N) is 1. The fourth-order valence-corrected chi connectivity index (χ4v) is 2.09. The van der Waals surface area contributed by atoms with Gasteiger partial charge in [-0.3, -0.25) is 10.1 Å². The second-order valence-corrected chi connectivity index (χ2v) is 5.41. The Labute approximate surface area is 156 Å². The van der Waals surface area contributed by atoms with Crippen LogP contribution in [0.25, 0.3) is 0 Å². The van der Waals surface area contributed by atoms with Gasteiger partial charge in [-0.05, 0) is 31.2 Å². The largest absolute Gasteiger partial charge is 0.490 e. The number of nitrogens with one attached hydrogen (secondary N) is 1. The number of ether oxygens (including phenoxy) is 3. The van der Waals surface area contributed by atoms with E-state index in [2.05, 4.69) is 0 Å². The van der Waals surface area contributed by atoms with Gasteiger partial charge in [0, 0.05) is 0 Å². The van der Waals surface area contributed by atoms with Crippen LogP contribution in [0.4, 0.5) is 4.79 Å². The van der Waals surface area contributed by atoms with Crippen molar-refractivity contribution in [3.63, 3.8) is 0 Å². The summed E-state index contributed by atoms with van der Waals surface area (Å²) >= 11 is 0. The molecule has 3 amide bonds. The molecular formula is C19H20N2O6. The van der Waals surface area contributed by atoms with E-state index in [1.165, 1.54) is 13.0 Å². The Hall–Kier alpha value is -3.55. The van der Waals surface area contributed by atoms with E-state index in [1.54, 1.807) is 18.2 Å². The topological polar surface area (TPSA) is 117 Å². The third-order valence-corrected chi connectivity index (χ3v) is 3.36. The van der Waals surface area contributed by atoms with Gasteiger partial charge in [-0.25, -0.2) is 9.59 Å². The number of esters is 1. The molecule has 2 aromatic rings. The SMILES string of the molecule is C[C@H](OC(=O)c1ccccc1OCCOc1ccccc1)C(=O)NC(N)=O. The molecule has 2 aromatic carbocycles. The molecule has 3 N–H and O–H groups in total. The number of amides is 3. The van der Waals surface area contributed by atoms with Gasteiger partial charge >= 0.3 is 12.0 Å². The number of carbonyl (C=O) groups is 3. The number of rotatable bonds is 8. The lowest BCUT2D eigenvalue weighted by atomic mass is 10.2. The quantitative estimate of drug-likeness (QED) is 0.540. The smallest absolute Gasteiger partial charge is 0.342 e. The summed E-state index contributed by atoms with van der Waals surface area (Å²) in [7, 11) is 0. The third-order valence-electron chi connectivity index (χ3n) is 3.36. The van der Waals surface area contributed by atoms with Crippen molar-refractivity contribution in [3.05, 3.63) is 60.2 Å². The summed E-state index contributed by atoms with van der Waals surface area (Å²) in [5, 5.41) is 1.85. The van der Waals surface area contributed by atoms with E-state index < -0.39 is 24.0 Å². The van der Waals surface area contributed by atoms with Gasteiger partial charge in [0.2, 0.25) is 0 Å². The molecule has 142 valence electrons. The average Bonchev–Trinajstić information content (AvgIpc) is 2.65. The van der Waals surface area contributed by atoms with Crippen LogP contribution in [0.15, 0.2) is 54.6 Å². The van der Waals surface area contributed by atoms with Gasteiger partial charge in [0.15, 0.2) is 6.10 Å². The summed E-state index contributed by atoms with van der Waals surface area (Å²) in [6, 6.07) is 14.7. The number of carbonyl (C=O) groups excluding carboxylic acids is 3. The van der Waals surface area contributed by atoms with E-state index >= 15 is 0 Å². The fraction of sp³-hybridized carbons (Fsp3) is 0.211. The number of benzene rings is 2. The molecule has 8 heteroatoms. The third kappa shape index (κ3) is 6.35. The first-order valence-corrected chi connectivity index (χ1v) is 8.18. The van der Waals surface area contributed by atoms with Crippen LogP contribution in [0, 0.1) is 0 Å². The Balaban J connectivity index is 1.91. The Morgan fingerprint density at radius 1 is 0.963 bits per heavy atom. The predicted octanol–water partition coefficient (Wildman–Crippen LogP) is 1.88. The van der Waals surface area contributed by atoms with Gasteiger partial charge in [-0.2, -0.15) is 0 Å². The van der Waals surface area contributed by atoms with Crippen LogP contribution >= 0.6 is 0 Å². The van der Waals surface area contributed by atoms with Crippen LogP contribution in [0.5, 0.6) is 11.5 Å². The monoisotopic (exact) mass is 372 g/mol. The van der Waals surface area contributed by atoms with E-state index in [1.807, 2.05) is 35.6 Å². The zero-order chi connectivity index (χ0) is 19.6. The summed E-state index contributed by atoms with van der Waals surface area (Å²) in [5.41, 5.74) is 5.01. The first-order chi connectivity index (χ1) is 13.0. The normalized spacial score (nSPS) is 11.1. The Morgan fingerprint density at radius 2 is 1.59 bits per heavy atom. The summed E-state index contributed by atoms with van der Waals surface area (Å²) < 4.78 is 16.2. The molecule has 0 saturated heterocycles. The highest BCUT2D eigenvalue weighted by molar-refractivity contribution is 5.98. The summed E-state index contributed by atoms with van der Waals surface area (Å²) in [4.78, 5) is 34.6. The molecule has 0 heterocycles. The number of urea groups is 1. The highest BCUT2D eigenvalue weighted by Crippen LogP contribution is 2.20. The lowest BCUT2D eigenvalue weighted by Gasteiger charge is -2.14. The molecule has 1 atom stereocenters. The van der Waals surface area contributed by atoms with Gasteiger partial charge in [0.25, 0.3) is 5.91 Å². The van der Waals surface area contributed by atoms with Crippen LogP contribution < -0.4 is 20.5 Å². The maximum atomic E-state index is 12.3. The van der Waals surface area contributed by atoms with Crippen LogP contribution in [0.1, 0.15) is 17.3 Å². The van der Waals surface area contributed by atoms with Gasteiger partial charge < -0.3 is 19.9 Å². The summed E-state index contributed by atoms with van der Waals surface area (Å²) in [5.74, 6) is -0.572. The van der Waals surface area contributed by atoms with Crippen molar-refractivity contribution in [3.8, 4) is 11.5 Å². The van der Waals surface area contributed by atoms with E-state index in [4.69, 9.17) is 19.9 Å². The lowest BCUT2D eigenvalue weighted by molar-refractivity contribution is -0.127. The maximum Gasteiger partial charge on any atom is 0.342 e. The zero-order valence-electron chi connectivity index (χ0n) is 14.7. The maximum absolute atomic E-state index is 12.3. The highest BCUT2D eigenvalue weighted by Gasteiger charge is 2.22. The molecule has 0 unspecified atom stereocenters. The van der Waals surface area contributed by atoms with Crippen molar-refractivity contribution in [1.82, 2.24) is 5.32 Å². The molecule has 0 bridgehead atoms. The predicted molar refractivity (Wildman–Crippen MR) is 96.5 cm³/mol. The second-order valence-electron chi connectivity index (χ2n) is 5.41. The van der Waals surface area contributed by atoms with Gasteiger partial charge in [0.05, 0.1) is 0 Å². The molecule has 0 aliphatic heterocycles. The molecule has 0 aliphatic rings. The molecule has 0 fully saturated rings. The molecule has 0 aromatic heterocycles.